The fraction of sp³-hybridized carbons (Fsp3) is 0.389. The van der Waals surface area contributed by atoms with Crippen molar-refractivity contribution in [3.8, 4) is 11.5 Å². The highest BCUT2D eigenvalue weighted by Crippen LogP contribution is 2.35. The van der Waals surface area contributed by atoms with Crippen LogP contribution in [0.1, 0.15) is 12.5 Å². The van der Waals surface area contributed by atoms with Gasteiger partial charge in [-0.05, 0) is 25.0 Å². The third kappa shape index (κ3) is 4.48. The summed E-state index contributed by atoms with van der Waals surface area (Å²) in [7, 11) is -2.92. The fourth-order valence-electron chi connectivity index (χ4n) is 3.07. The molecule has 2 aliphatic heterocycles. The van der Waals surface area contributed by atoms with Crippen LogP contribution in [0.5, 0.6) is 11.5 Å². The second-order valence-corrected chi connectivity index (χ2v) is 8.19. The molecule has 30 heavy (non-hydrogen) atoms. The Kier molecular flexibility index (Phi) is 6.15. The number of nitrogens with zero attached hydrogens (tertiary/aromatic N) is 1. The first-order chi connectivity index (χ1) is 14.2. The molecule has 2 aliphatic rings. The number of hydrogen-bond donors (Lipinski definition) is 3. The third-order valence-electron chi connectivity index (χ3n) is 4.46. The summed E-state index contributed by atoms with van der Waals surface area (Å²) in [6.45, 7) is 2.24. The van der Waals surface area contributed by atoms with E-state index >= 15 is 0 Å². The lowest BCUT2D eigenvalue weighted by molar-refractivity contribution is -0.122. The SMILES string of the molecule is CCOc1cc2c(cc1S(=O)(=O)NC(=O)NC)CC(NC(=O)N1CC=CC1=O)CO2. The summed E-state index contributed by atoms with van der Waals surface area (Å²) in [6, 6.07) is 0.886. The van der Waals surface area contributed by atoms with E-state index in [-0.39, 0.29) is 36.8 Å². The van der Waals surface area contributed by atoms with Crippen LogP contribution in [0, 0.1) is 0 Å². The quantitative estimate of drug-likeness (QED) is 0.592. The van der Waals surface area contributed by atoms with Gasteiger partial charge in [-0.1, -0.05) is 6.08 Å². The topological polar surface area (TPSA) is 143 Å². The number of imide groups is 1. The first kappa shape index (κ1) is 21.4. The maximum absolute atomic E-state index is 12.6. The number of amides is 5. The average Bonchev–Trinajstić information content (AvgIpc) is 3.13. The molecule has 0 aliphatic carbocycles. The minimum atomic E-state index is -4.21. The number of hydrogen-bond acceptors (Lipinski definition) is 7. The summed E-state index contributed by atoms with van der Waals surface area (Å²) in [6.07, 6.45) is 3.17. The maximum atomic E-state index is 12.6. The normalized spacial score (nSPS) is 17.7. The standard InChI is InChI=1S/C18H22N4O7S/c1-3-28-14-9-13-11(8-15(14)30(26,27)21-17(24)19-2)7-12(10-29-13)20-18(25)22-6-4-5-16(22)23/h4-5,8-9,12H,3,6-7,10H2,1-2H3,(H,20,25)(H2,19,21,24). The van der Waals surface area contributed by atoms with E-state index in [9.17, 15) is 22.8 Å². The Balaban J connectivity index is 1.83. The highest BCUT2D eigenvalue weighted by molar-refractivity contribution is 7.90. The maximum Gasteiger partial charge on any atom is 0.328 e. The van der Waals surface area contributed by atoms with E-state index < -0.39 is 34.0 Å². The van der Waals surface area contributed by atoms with Crippen LogP contribution in [0.3, 0.4) is 0 Å². The molecule has 1 unspecified atom stereocenters. The molecule has 3 rings (SSSR count). The van der Waals surface area contributed by atoms with E-state index in [0.717, 1.165) is 4.90 Å². The Morgan fingerprint density at radius 1 is 1.33 bits per heavy atom. The van der Waals surface area contributed by atoms with Crippen molar-refractivity contribution < 1.29 is 32.3 Å². The highest BCUT2D eigenvalue weighted by atomic mass is 32.2. The molecule has 0 spiro atoms. The summed E-state index contributed by atoms with van der Waals surface area (Å²) in [4.78, 5) is 36.3. The van der Waals surface area contributed by atoms with Crippen LogP contribution in [0.4, 0.5) is 9.59 Å². The molecule has 0 fully saturated rings. The van der Waals surface area contributed by atoms with Crippen molar-refractivity contribution in [2.24, 2.45) is 0 Å². The van der Waals surface area contributed by atoms with Crippen molar-refractivity contribution in [3.05, 3.63) is 29.8 Å². The van der Waals surface area contributed by atoms with Gasteiger partial charge in [0, 0.05) is 25.7 Å². The van der Waals surface area contributed by atoms with Crippen LogP contribution in [0.25, 0.3) is 0 Å². The highest BCUT2D eigenvalue weighted by Gasteiger charge is 2.30. The summed E-state index contributed by atoms with van der Waals surface area (Å²) in [5, 5.41) is 4.90. The van der Waals surface area contributed by atoms with Gasteiger partial charge in [0.1, 0.15) is 23.0 Å². The first-order valence-electron chi connectivity index (χ1n) is 9.20. The Morgan fingerprint density at radius 3 is 2.73 bits per heavy atom. The lowest BCUT2D eigenvalue weighted by Gasteiger charge is -2.28. The van der Waals surface area contributed by atoms with Crippen molar-refractivity contribution in [3.63, 3.8) is 0 Å². The molecule has 0 aromatic heterocycles. The van der Waals surface area contributed by atoms with Crippen molar-refractivity contribution in [2.75, 3.05) is 26.8 Å². The fourth-order valence-corrected chi connectivity index (χ4v) is 4.20. The number of sulfonamides is 1. The molecule has 1 aromatic carbocycles. The molecule has 11 nitrogen and oxygen atoms in total. The van der Waals surface area contributed by atoms with E-state index in [2.05, 4.69) is 10.6 Å². The second-order valence-electron chi connectivity index (χ2n) is 6.54. The van der Waals surface area contributed by atoms with Crippen LogP contribution < -0.4 is 24.8 Å². The predicted molar refractivity (Wildman–Crippen MR) is 105 cm³/mol. The molecule has 0 saturated carbocycles. The number of carbonyl (C=O) groups is 3. The lowest BCUT2D eigenvalue weighted by Crippen LogP contribution is -2.49. The van der Waals surface area contributed by atoms with E-state index in [1.54, 1.807) is 13.0 Å². The Bertz CT molecular complexity index is 1010. The minimum absolute atomic E-state index is 0.0453. The molecular weight excluding hydrogens is 416 g/mol. The van der Waals surface area contributed by atoms with Gasteiger partial charge in [0.05, 0.1) is 12.6 Å². The summed E-state index contributed by atoms with van der Waals surface area (Å²) < 4.78 is 38.3. The minimum Gasteiger partial charge on any atom is -0.492 e. The number of nitrogens with one attached hydrogen (secondary N) is 3. The number of rotatable bonds is 5. The predicted octanol–water partition coefficient (Wildman–Crippen LogP) is 0.115. The van der Waals surface area contributed by atoms with Crippen molar-refractivity contribution in [1.82, 2.24) is 20.3 Å². The molecule has 12 heteroatoms. The van der Waals surface area contributed by atoms with Gasteiger partial charge in [-0.2, -0.15) is 0 Å². The average molecular weight is 438 g/mol. The molecule has 2 heterocycles. The molecule has 0 radical (unpaired) electrons. The molecule has 3 N–H and O–H groups in total. The summed E-state index contributed by atoms with van der Waals surface area (Å²) >= 11 is 0. The van der Waals surface area contributed by atoms with Gasteiger partial charge in [-0.3, -0.25) is 9.69 Å². The number of fused-ring (bicyclic) bond motifs is 1. The van der Waals surface area contributed by atoms with Crippen LogP contribution in [-0.2, 0) is 21.2 Å². The zero-order valence-corrected chi connectivity index (χ0v) is 17.2. The number of benzene rings is 1. The Morgan fingerprint density at radius 2 is 2.10 bits per heavy atom. The number of carbonyl (C=O) groups excluding carboxylic acids is 3. The zero-order chi connectivity index (χ0) is 21.9. The molecule has 1 atom stereocenters. The molecule has 1 aromatic rings. The second kappa shape index (κ2) is 8.61. The molecule has 5 amide bonds. The monoisotopic (exact) mass is 438 g/mol. The van der Waals surface area contributed by atoms with Gasteiger partial charge in [-0.25, -0.2) is 22.7 Å². The summed E-state index contributed by atoms with van der Waals surface area (Å²) in [5.41, 5.74) is 0.512. The van der Waals surface area contributed by atoms with Gasteiger partial charge in [0.15, 0.2) is 0 Å². The van der Waals surface area contributed by atoms with Crippen molar-refractivity contribution >= 4 is 28.0 Å². The van der Waals surface area contributed by atoms with Crippen LogP contribution in [0.2, 0.25) is 0 Å². The lowest BCUT2D eigenvalue weighted by atomic mass is 10.0. The van der Waals surface area contributed by atoms with E-state index in [0.29, 0.717) is 11.3 Å². The van der Waals surface area contributed by atoms with E-state index in [4.69, 9.17) is 9.47 Å². The Labute approximate surface area is 173 Å². The molecule has 0 bridgehead atoms. The largest absolute Gasteiger partial charge is 0.492 e. The molecule has 0 saturated heterocycles. The van der Waals surface area contributed by atoms with Crippen LogP contribution in [0.15, 0.2) is 29.2 Å². The zero-order valence-electron chi connectivity index (χ0n) is 16.4. The van der Waals surface area contributed by atoms with Gasteiger partial charge >= 0.3 is 12.1 Å². The van der Waals surface area contributed by atoms with Gasteiger partial charge in [-0.15, -0.1) is 0 Å². The first-order valence-corrected chi connectivity index (χ1v) is 10.7. The smallest absolute Gasteiger partial charge is 0.328 e. The number of ether oxygens (including phenoxy) is 2. The molecular formula is C18H22N4O7S. The van der Waals surface area contributed by atoms with Crippen molar-refractivity contribution in [1.29, 1.82) is 0 Å². The van der Waals surface area contributed by atoms with Crippen molar-refractivity contribution in [2.45, 2.75) is 24.3 Å². The van der Waals surface area contributed by atoms with E-state index in [1.165, 1.54) is 25.3 Å². The Hall–Kier alpha value is -3.28. The van der Waals surface area contributed by atoms with Gasteiger partial charge in [0.25, 0.3) is 15.9 Å². The van der Waals surface area contributed by atoms with Gasteiger partial charge in [0.2, 0.25) is 0 Å². The summed E-state index contributed by atoms with van der Waals surface area (Å²) in [5.74, 6) is 0.0604. The van der Waals surface area contributed by atoms with Crippen LogP contribution in [-0.4, -0.2) is 64.1 Å². The third-order valence-corrected chi connectivity index (χ3v) is 5.82. The van der Waals surface area contributed by atoms with Crippen LogP contribution >= 0.6 is 0 Å². The number of urea groups is 2. The van der Waals surface area contributed by atoms with Gasteiger partial charge < -0.3 is 20.1 Å². The van der Waals surface area contributed by atoms with E-state index in [1.807, 2.05) is 4.72 Å². The molecule has 162 valence electrons.